The lowest BCUT2D eigenvalue weighted by molar-refractivity contribution is -0.143. The van der Waals surface area contributed by atoms with Crippen LogP contribution in [0, 0.1) is 0 Å². The summed E-state index contributed by atoms with van der Waals surface area (Å²) in [6.45, 7) is 1.77. The van der Waals surface area contributed by atoms with Crippen LogP contribution in [0.1, 0.15) is 34.7 Å². The third-order valence-corrected chi connectivity index (χ3v) is 7.58. The van der Waals surface area contributed by atoms with Crippen LogP contribution in [0.2, 0.25) is 0 Å². The van der Waals surface area contributed by atoms with Crippen molar-refractivity contribution in [2.45, 2.75) is 37.3 Å². The molecule has 214 valence electrons. The number of alkyl halides is 6. The van der Waals surface area contributed by atoms with Crippen LogP contribution in [-0.2, 0) is 29.1 Å². The van der Waals surface area contributed by atoms with E-state index in [-0.39, 0.29) is 11.8 Å². The molecule has 0 fully saturated rings. The van der Waals surface area contributed by atoms with Crippen molar-refractivity contribution in [3.8, 4) is 5.69 Å². The van der Waals surface area contributed by atoms with Crippen LogP contribution in [0.3, 0.4) is 0 Å². The van der Waals surface area contributed by atoms with Gasteiger partial charge in [0.05, 0.1) is 16.6 Å². The van der Waals surface area contributed by atoms with Gasteiger partial charge in [-0.3, -0.25) is 0 Å². The summed E-state index contributed by atoms with van der Waals surface area (Å²) in [6, 6.07) is 27.4. The monoisotopic (exact) mass is 578 g/mol. The van der Waals surface area contributed by atoms with Crippen LogP contribution < -0.4 is 0 Å². The molecule has 0 saturated carbocycles. The van der Waals surface area contributed by atoms with E-state index in [2.05, 4.69) is 0 Å². The van der Waals surface area contributed by atoms with Gasteiger partial charge in [-0.25, -0.2) is 4.99 Å². The van der Waals surface area contributed by atoms with Crippen molar-refractivity contribution in [1.82, 2.24) is 4.57 Å². The lowest BCUT2D eigenvalue weighted by atomic mass is 9.78. The van der Waals surface area contributed by atoms with Crippen molar-refractivity contribution < 1.29 is 31.1 Å². The van der Waals surface area contributed by atoms with E-state index < -0.39 is 35.1 Å². The second-order valence-electron chi connectivity index (χ2n) is 10.2. The third kappa shape index (κ3) is 4.82. The zero-order chi connectivity index (χ0) is 29.7. The molecular weight excluding hydrogens is 554 g/mol. The molecule has 1 aromatic heterocycles. The normalized spacial score (nSPS) is 16.8. The van der Waals surface area contributed by atoms with Gasteiger partial charge in [0.1, 0.15) is 6.04 Å². The maximum Gasteiger partial charge on any atom is 0.416 e. The molecule has 0 amide bonds. The fraction of sp³-hybridized carbons (Fsp3) is 0.182. The molecule has 1 aliphatic heterocycles. The minimum absolute atomic E-state index is 0.136. The molecule has 0 aliphatic carbocycles. The smallest absolute Gasteiger partial charge is 0.416 e. The largest absolute Gasteiger partial charge is 0.463 e. The summed E-state index contributed by atoms with van der Waals surface area (Å²) in [6.07, 6.45) is -8.01. The molecule has 1 atom stereocenters. The Labute approximate surface area is 237 Å². The number of halogens is 6. The first-order valence-electron chi connectivity index (χ1n) is 13.2. The summed E-state index contributed by atoms with van der Waals surface area (Å²) in [5.41, 5.74) is -1.04. The SMILES string of the molecule is CC1=N[C@@H](Cc2cn(-c3cc(C(F)(F)F)cc(C(F)(F)F)c3)c3ccccc23)C(c2ccccc2)(c2ccccc2)O1. The van der Waals surface area contributed by atoms with Crippen LogP contribution in [0.5, 0.6) is 0 Å². The van der Waals surface area contributed by atoms with E-state index in [4.69, 9.17) is 9.73 Å². The standard InChI is InChI=1S/C33H24F6N2O/c1-21-40-30(31(42-21,23-10-4-2-5-11-23)24-12-6-3-7-13-24)16-22-20-41(29-15-9-8-14-28(22)29)27-18-25(32(34,35)36)17-26(19-27)33(37,38)39/h2-15,17-20,30H,16H2,1H3/t30-/m0/s1. The number of nitrogens with zero attached hydrogens (tertiary/aromatic N) is 2. The van der Waals surface area contributed by atoms with Crippen LogP contribution in [0.4, 0.5) is 26.3 Å². The molecule has 0 unspecified atom stereocenters. The predicted molar refractivity (Wildman–Crippen MR) is 149 cm³/mol. The van der Waals surface area contributed by atoms with Gasteiger partial charge in [-0.05, 0) is 29.8 Å². The molecule has 42 heavy (non-hydrogen) atoms. The van der Waals surface area contributed by atoms with E-state index in [0.717, 1.165) is 23.3 Å². The lowest BCUT2D eigenvalue weighted by Crippen LogP contribution is -2.40. The van der Waals surface area contributed by atoms with Crippen LogP contribution >= 0.6 is 0 Å². The summed E-state index contributed by atoms with van der Waals surface area (Å²) < 4.78 is 90.0. The Bertz CT molecular complexity index is 1700. The minimum Gasteiger partial charge on any atom is -0.463 e. The summed E-state index contributed by atoms with van der Waals surface area (Å²) in [7, 11) is 0. The quantitative estimate of drug-likeness (QED) is 0.191. The van der Waals surface area contributed by atoms with Gasteiger partial charge in [-0.15, -0.1) is 0 Å². The zero-order valence-corrected chi connectivity index (χ0v) is 22.2. The van der Waals surface area contributed by atoms with E-state index in [1.165, 1.54) is 4.57 Å². The first kappa shape index (κ1) is 27.6. The van der Waals surface area contributed by atoms with Gasteiger partial charge in [0.25, 0.3) is 0 Å². The first-order chi connectivity index (χ1) is 20.0. The third-order valence-electron chi connectivity index (χ3n) is 7.58. The topological polar surface area (TPSA) is 26.5 Å². The number of rotatable bonds is 5. The molecule has 9 heteroatoms. The zero-order valence-electron chi connectivity index (χ0n) is 22.2. The van der Waals surface area contributed by atoms with Gasteiger partial charge in [0.2, 0.25) is 0 Å². The van der Waals surface area contributed by atoms with Gasteiger partial charge >= 0.3 is 12.4 Å². The molecule has 3 nitrogen and oxygen atoms in total. The summed E-state index contributed by atoms with van der Waals surface area (Å²) in [5, 5.41) is 0.693. The van der Waals surface area contributed by atoms with Crippen molar-refractivity contribution in [3.63, 3.8) is 0 Å². The Balaban J connectivity index is 1.52. The number of aromatic nitrogens is 1. The minimum atomic E-state index is -4.96. The van der Waals surface area contributed by atoms with E-state index in [0.29, 0.717) is 28.8 Å². The number of para-hydroxylation sites is 1. The Morgan fingerprint density at radius 1 is 0.738 bits per heavy atom. The number of hydrogen-bond acceptors (Lipinski definition) is 2. The Hall–Kier alpha value is -4.53. The molecule has 4 aromatic carbocycles. The van der Waals surface area contributed by atoms with Gasteiger partial charge in [0.15, 0.2) is 11.5 Å². The summed E-state index contributed by atoms with van der Waals surface area (Å²) in [4.78, 5) is 4.86. The first-order valence-corrected chi connectivity index (χ1v) is 13.2. The fourth-order valence-electron chi connectivity index (χ4n) is 5.78. The highest BCUT2D eigenvalue weighted by Gasteiger charge is 2.49. The molecule has 6 rings (SSSR count). The molecule has 0 N–H and O–H groups in total. The van der Waals surface area contributed by atoms with Gasteiger partial charge in [-0.2, -0.15) is 26.3 Å². The Morgan fingerprint density at radius 3 is 1.81 bits per heavy atom. The molecular formula is C33H24F6N2O. The molecule has 0 radical (unpaired) electrons. The predicted octanol–water partition coefficient (Wildman–Crippen LogP) is 8.97. The van der Waals surface area contributed by atoms with E-state index in [9.17, 15) is 26.3 Å². The molecule has 0 spiro atoms. The Morgan fingerprint density at radius 2 is 1.26 bits per heavy atom. The van der Waals surface area contributed by atoms with Crippen LogP contribution in [0.15, 0.2) is 114 Å². The second-order valence-corrected chi connectivity index (χ2v) is 10.2. The molecule has 1 aliphatic rings. The van der Waals surface area contributed by atoms with Crippen LogP contribution in [-0.4, -0.2) is 16.5 Å². The molecule has 2 heterocycles. The Kier molecular flexibility index (Phi) is 6.63. The number of benzene rings is 4. The van der Waals surface area contributed by atoms with Gasteiger partial charge < -0.3 is 9.30 Å². The number of fused-ring (bicyclic) bond motifs is 1. The average Bonchev–Trinajstić information content (AvgIpc) is 3.51. The fourth-order valence-corrected chi connectivity index (χ4v) is 5.78. The van der Waals surface area contributed by atoms with E-state index >= 15 is 0 Å². The number of hydrogen-bond donors (Lipinski definition) is 0. The highest BCUT2D eigenvalue weighted by molar-refractivity contribution is 5.86. The summed E-state index contributed by atoms with van der Waals surface area (Å²) >= 11 is 0. The lowest BCUT2D eigenvalue weighted by Gasteiger charge is -2.34. The van der Waals surface area contributed by atoms with Crippen molar-refractivity contribution in [2.75, 3.05) is 0 Å². The average molecular weight is 579 g/mol. The van der Waals surface area contributed by atoms with Gasteiger partial charge in [-0.1, -0.05) is 78.9 Å². The maximum absolute atomic E-state index is 13.7. The van der Waals surface area contributed by atoms with Gasteiger partial charge in [0, 0.05) is 41.7 Å². The molecule has 5 aromatic rings. The summed E-state index contributed by atoms with van der Waals surface area (Å²) in [5.74, 6) is 0.476. The van der Waals surface area contributed by atoms with E-state index in [1.807, 2.05) is 60.7 Å². The van der Waals surface area contributed by atoms with Crippen molar-refractivity contribution in [1.29, 1.82) is 0 Å². The number of ether oxygens (including phenoxy) is 1. The maximum atomic E-state index is 13.7. The highest BCUT2D eigenvalue weighted by atomic mass is 19.4. The molecule has 0 saturated heterocycles. The van der Waals surface area contributed by atoms with Crippen molar-refractivity contribution >= 4 is 16.8 Å². The highest BCUT2D eigenvalue weighted by Crippen LogP contribution is 2.45. The van der Waals surface area contributed by atoms with Crippen molar-refractivity contribution in [2.24, 2.45) is 4.99 Å². The van der Waals surface area contributed by atoms with Crippen LogP contribution in [0.25, 0.3) is 16.6 Å². The second kappa shape index (κ2) is 10.1. The number of aliphatic imine (C=N–C) groups is 1. The molecule has 0 bridgehead atoms. The van der Waals surface area contributed by atoms with Crippen molar-refractivity contribution in [3.05, 3.63) is 137 Å². The van der Waals surface area contributed by atoms with E-state index in [1.54, 1.807) is 37.4 Å².